The van der Waals surface area contributed by atoms with Gasteiger partial charge in [0.1, 0.15) is 4.99 Å². The maximum atomic E-state index is 12.3. The second-order valence-electron chi connectivity index (χ2n) is 4.54. The lowest BCUT2D eigenvalue weighted by Gasteiger charge is -2.10. The summed E-state index contributed by atoms with van der Waals surface area (Å²) >= 11 is 4.90. The molecule has 6 nitrogen and oxygen atoms in total. The van der Waals surface area contributed by atoms with E-state index in [0.717, 1.165) is 5.56 Å². The van der Waals surface area contributed by atoms with Gasteiger partial charge in [-0.2, -0.15) is 8.42 Å². The molecule has 0 atom stereocenters. The van der Waals surface area contributed by atoms with Gasteiger partial charge in [-0.05, 0) is 25.5 Å². The number of aryl methyl sites for hydroxylation is 2. The molecule has 0 aliphatic heterocycles. The third-order valence-electron chi connectivity index (χ3n) is 3.02. The second kappa shape index (κ2) is 5.82. The van der Waals surface area contributed by atoms with Crippen molar-refractivity contribution < 1.29 is 8.42 Å². The number of sulfonamides is 1. The van der Waals surface area contributed by atoms with E-state index in [1.165, 1.54) is 12.5 Å². The molecule has 0 saturated heterocycles. The summed E-state index contributed by atoms with van der Waals surface area (Å²) in [7, 11) is -3.73. The second-order valence-corrected chi connectivity index (χ2v) is 6.61. The third-order valence-corrected chi connectivity index (χ3v) is 4.50. The number of aromatic nitrogens is 2. The van der Waals surface area contributed by atoms with E-state index in [9.17, 15) is 8.42 Å². The zero-order valence-electron chi connectivity index (χ0n) is 11.7. The summed E-state index contributed by atoms with van der Waals surface area (Å²) in [5.41, 5.74) is 7.38. The van der Waals surface area contributed by atoms with Crippen LogP contribution in [0.1, 0.15) is 18.1 Å². The Bertz CT molecular complexity index is 781. The highest BCUT2D eigenvalue weighted by atomic mass is 32.2. The van der Waals surface area contributed by atoms with Crippen LogP contribution in [0.4, 0.5) is 5.69 Å². The van der Waals surface area contributed by atoms with Gasteiger partial charge in [-0.15, -0.1) is 0 Å². The first-order chi connectivity index (χ1) is 9.83. The van der Waals surface area contributed by atoms with Crippen LogP contribution in [0.2, 0.25) is 0 Å². The van der Waals surface area contributed by atoms with Crippen molar-refractivity contribution in [2.75, 3.05) is 4.72 Å². The first-order valence-electron chi connectivity index (χ1n) is 6.28. The summed E-state index contributed by atoms with van der Waals surface area (Å²) in [4.78, 5) is 4.12. The van der Waals surface area contributed by atoms with E-state index in [2.05, 4.69) is 9.71 Å². The Labute approximate surface area is 129 Å². The molecule has 1 aromatic carbocycles. The molecule has 0 fully saturated rings. The molecule has 0 radical (unpaired) electrons. The molecule has 2 rings (SSSR count). The molecule has 0 amide bonds. The molecule has 1 aromatic heterocycles. The first kappa shape index (κ1) is 15.5. The van der Waals surface area contributed by atoms with Gasteiger partial charge in [0.2, 0.25) is 0 Å². The highest BCUT2D eigenvalue weighted by molar-refractivity contribution is 7.92. The molecular formula is C13H16N4O2S2. The maximum absolute atomic E-state index is 12.3. The summed E-state index contributed by atoms with van der Waals surface area (Å²) in [5, 5.41) is -0.0236. The summed E-state index contributed by atoms with van der Waals surface area (Å²) in [5.74, 6) is 0. The van der Waals surface area contributed by atoms with Crippen molar-refractivity contribution in [2.24, 2.45) is 5.73 Å². The van der Waals surface area contributed by atoms with Crippen LogP contribution in [-0.2, 0) is 16.6 Å². The van der Waals surface area contributed by atoms with Gasteiger partial charge >= 0.3 is 0 Å². The molecule has 0 spiro atoms. The minimum atomic E-state index is -3.73. The molecule has 21 heavy (non-hydrogen) atoms. The van der Waals surface area contributed by atoms with Crippen LogP contribution in [0.5, 0.6) is 0 Å². The highest BCUT2D eigenvalue weighted by Crippen LogP contribution is 2.20. The Morgan fingerprint density at radius 3 is 2.76 bits per heavy atom. The van der Waals surface area contributed by atoms with E-state index in [1.807, 2.05) is 6.92 Å². The van der Waals surface area contributed by atoms with Gasteiger partial charge in [-0.3, -0.25) is 4.72 Å². The van der Waals surface area contributed by atoms with Gasteiger partial charge in [-0.1, -0.05) is 24.4 Å². The summed E-state index contributed by atoms with van der Waals surface area (Å²) < 4.78 is 28.8. The van der Waals surface area contributed by atoms with Crippen molar-refractivity contribution >= 4 is 32.9 Å². The first-order valence-corrected chi connectivity index (χ1v) is 8.17. The highest BCUT2D eigenvalue weighted by Gasteiger charge is 2.18. The largest absolute Gasteiger partial charge is 0.389 e. The van der Waals surface area contributed by atoms with Crippen LogP contribution in [0.15, 0.2) is 35.7 Å². The van der Waals surface area contributed by atoms with Crippen molar-refractivity contribution in [3.05, 3.63) is 41.9 Å². The van der Waals surface area contributed by atoms with E-state index < -0.39 is 10.0 Å². The minimum Gasteiger partial charge on any atom is -0.389 e. The quantitative estimate of drug-likeness (QED) is 0.816. The van der Waals surface area contributed by atoms with Gasteiger partial charge < -0.3 is 10.3 Å². The van der Waals surface area contributed by atoms with Crippen LogP contribution in [0, 0.1) is 6.92 Å². The van der Waals surface area contributed by atoms with E-state index in [0.29, 0.717) is 17.8 Å². The van der Waals surface area contributed by atoms with Gasteiger partial charge in [0, 0.05) is 18.3 Å². The van der Waals surface area contributed by atoms with Gasteiger partial charge in [0.15, 0.2) is 5.03 Å². The Hall–Kier alpha value is -1.93. The number of nitrogens with one attached hydrogen (secondary N) is 1. The number of anilines is 1. The zero-order valence-corrected chi connectivity index (χ0v) is 13.3. The number of benzene rings is 1. The molecule has 1 heterocycles. The Balaban J connectivity index is 2.36. The molecule has 0 bridgehead atoms. The molecule has 0 aliphatic carbocycles. The molecule has 0 aliphatic rings. The van der Waals surface area contributed by atoms with Crippen molar-refractivity contribution in [1.82, 2.24) is 9.55 Å². The predicted molar refractivity (Wildman–Crippen MR) is 85.8 cm³/mol. The fourth-order valence-electron chi connectivity index (χ4n) is 1.73. The third kappa shape index (κ3) is 3.40. The fraction of sp³-hybridized carbons (Fsp3) is 0.231. The fourth-order valence-corrected chi connectivity index (χ4v) is 2.93. The van der Waals surface area contributed by atoms with Crippen LogP contribution >= 0.6 is 12.2 Å². The molecule has 2 aromatic rings. The van der Waals surface area contributed by atoms with Crippen molar-refractivity contribution in [3.63, 3.8) is 0 Å². The lowest BCUT2D eigenvalue weighted by molar-refractivity contribution is 0.598. The Morgan fingerprint density at radius 2 is 2.19 bits per heavy atom. The molecule has 0 saturated carbocycles. The number of rotatable bonds is 5. The van der Waals surface area contributed by atoms with E-state index >= 15 is 0 Å². The SMILES string of the molecule is CCn1cnc(S(=O)(=O)Nc2cc(C(N)=S)ccc2C)c1. The normalized spacial score (nSPS) is 11.3. The summed E-state index contributed by atoms with van der Waals surface area (Å²) in [6.07, 6.45) is 2.96. The van der Waals surface area contributed by atoms with Crippen LogP contribution < -0.4 is 10.5 Å². The van der Waals surface area contributed by atoms with Crippen LogP contribution in [-0.4, -0.2) is 23.0 Å². The zero-order chi connectivity index (χ0) is 15.6. The van der Waals surface area contributed by atoms with Gasteiger partial charge in [0.25, 0.3) is 10.0 Å². The number of hydrogen-bond donors (Lipinski definition) is 2. The Morgan fingerprint density at radius 1 is 1.48 bits per heavy atom. The predicted octanol–water partition coefficient (Wildman–Crippen LogP) is 1.65. The summed E-state index contributed by atoms with van der Waals surface area (Å²) in [6, 6.07) is 5.13. The standard InChI is InChI=1S/C13H16N4O2S2/c1-3-17-7-12(15-8-17)21(18,19)16-11-6-10(13(14)20)5-4-9(11)2/h4-8,16H,3H2,1-2H3,(H2,14,20). The minimum absolute atomic E-state index is 0.0236. The monoisotopic (exact) mass is 324 g/mol. The number of nitrogens with two attached hydrogens (primary N) is 1. The lowest BCUT2D eigenvalue weighted by Crippen LogP contribution is -2.16. The van der Waals surface area contributed by atoms with Crippen LogP contribution in [0.3, 0.4) is 0 Å². The average Bonchev–Trinajstić information content (AvgIpc) is 2.90. The topological polar surface area (TPSA) is 90.0 Å². The maximum Gasteiger partial charge on any atom is 0.280 e. The van der Waals surface area contributed by atoms with Crippen molar-refractivity contribution in [2.45, 2.75) is 25.4 Å². The van der Waals surface area contributed by atoms with E-state index in [-0.39, 0.29) is 10.0 Å². The molecule has 3 N–H and O–H groups in total. The van der Waals surface area contributed by atoms with Gasteiger partial charge in [-0.25, -0.2) is 4.98 Å². The average molecular weight is 324 g/mol. The van der Waals surface area contributed by atoms with Crippen molar-refractivity contribution in [3.8, 4) is 0 Å². The molecule has 112 valence electrons. The lowest BCUT2D eigenvalue weighted by atomic mass is 10.1. The Kier molecular flexibility index (Phi) is 4.29. The molecule has 0 unspecified atom stereocenters. The number of thiocarbonyl (C=S) groups is 1. The smallest absolute Gasteiger partial charge is 0.280 e. The molecule has 8 heteroatoms. The van der Waals surface area contributed by atoms with Crippen molar-refractivity contribution in [1.29, 1.82) is 0 Å². The molecular weight excluding hydrogens is 308 g/mol. The number of nitrogens with zero attached hydrogens (tertiary/aromatic N) is 2. The number of imidazole rings is 1. The summed E-state index contributed by atoms with van der Waals surface area (Å²) in [6.45, 7) is 4.35. The van der Waals surface area contributed by atoms with E-state index in [4.69, 9.17) is 18.0 Å². The van der Waals surface area contributed by atoms with E-state index in [1.54, 1.807) is 29.7 Å². The van der Waals surface area contributed by atoms with Gasteiger partial charge in [0.05, 0.1) is 12.0 Å². The van der Waals surface area contributed by atoms with Crippen LogP contribution in [0.25, 0.3) is 0 Å². The number of hydrogen-bond acceptors (Lipinski definition) is 4.